The van der Waals surface area contributed by atoms with Crippen molar-refractivity contribution < 1.29 is 23.7 Å². The van der Waals surface area contributed by atoms with E-state index in [4.69, 9.17) is 18.9 Å². The number of nitrogens with zero attached hydrogens (tertiary/aromatic N) is 2. The van der Waals surface area contributed by atoms with Gasteiger partial charge in [-0.05, 0) is 24.3 Å². The maximum absolute atomic E-state index is 12.8. The highest BCUT2D eigenvalue weighted by molar-refractivity contribution is 5.99. The molecule has 154 valence electrons. The Labute approximate surface area is 171 Å². The van der Waals surface area contributed by atoms with Crippen molar-refractivity contribution in [2.24, 2.45) is 0 Å². The second-order valence-corrected chi connectivity index (χ2v) is 6.14. The number of fused-ring (bicyclic) bond motifs is 1. The summed E-state index contributed by atoms with van der Waals surface area (Å²) in [5, 5.41) is 5.09. The molecule has 0 atom stereocenters. The second kappa shape index (κ2) is 8.03. The zero-order chi connectivity index (χ0) is 21.1. The van der Waals surface area contributed by atoms with Crippen LogP contribution in [0.25, 0.3) is 5.69 Å². The summed E-state index contributed by atoms with van der Waals surface area (Å²) in [5.74, 6) is 1.99. The number of hydrogen-bond donors (Lipinski definition) is 2. The average Bonchev–Trinajstić information content (AvgIpc) is 3.22. The van der Waals surface area contributed by atoms with Gasteiger partial charge in [0.2, 0.25) is 12.6 Å². The first-order valence-electron chi connectivity index (χ1n) is 8.87. The third-order valence-electron chi connectivity index (χ3n) is 4.35. The molecule has 2 aromatic carbocycles. The number of carbonyl (C=O) groups excluding carboxylic acids is 1. The van der Waals surface area contributed by atoms with Crippen molar-refractivity contribution in [3.8, 4) is 28.7 Å². The van der Waals surface area contributed by atoms with E-state index in [9.17, 15) is 9.59 Å². The Morgan fingerprint density at radius 2 is 1.83 bits per heavy atom. The first kappa shape index (κ1) is 19.1. The van der Waals surface area contributed by atoms with Crippen molar-refractivity contribution in [2.45, 2.75) is 0 Å². The molecule has 1 aromatic heterocycles. The van der Waals surface area contributed by atoms with Crippen LogP contribution in [0.4, 0.5) is 16.3 Å². The van der Waals surface area contributed by atoms with Crippen LogP contribution in [-0.2, 0) is 0 Å². The van der Waals surface area contributed by atoms with E-state index in [-0.39, 0.29) is 12.6 Å². The van der Waals surface area contributed by atoms with Gasteiger partial charge in [0, 0.05) is 30.2 Å². The fraction of sp³-hybridized carbons (Fsp3) is 0.150. The lowest BCUT2D eigenvalue weighted by atomic mass is 10.2. The fourth-order valence-corrected chi connectivity index (χ4v) is 2.92. The van der Waals surface area contributed by atoms with Crippen molar-refractivity contribution in [3.63, 3.8) is 0 Å². The van der Waals surface area contributed by atoms with E-state index in [2.05, 4.69) is 15.6 Å². The highest BCUT2D eigenvalue weighted by Crippen LogP contribution is 2.34. The van der Waals surface area contributed by atoms with Crippen LogP contribution in [0, 0.1) is 0 Å². The molecule has 3 aromatic rings. The zero-order valence-corrected chi connectivity index (χ0v) is 16.2. The summed E-state index contributed by atoms with van der Waals surface area (Å²) in [5.41, 5.74) is 0.498. The molecular weight excluding hydrogens is 392 g/mol. The lowest BCUT2D eigenvalue weighted by molar-refractivity contribution is 0.174. The van der Waals surface area contributed by atoms with Crippen LogP contribution >= 0.6 is 0 Å². The largest absolute Gasteiger partial charge is 0.493 e. The van der Waals surface area contributed by atoms with Crippen LogP contribution in [0.1, 0.15) is 0 Å². The SMILES string of the molecule is COc1ccc(-n2ccnc(NC(=O)Nc3ccc4c(c3)OCO4)c2=O)cc1OC. The van der Waals surface area contributed by atoms with Crippen LogP contribution < -0.4 is 35.1 Å². The topological polar surface area (TPSA) is 113 Å². The third-order valence-corrected chi connectivity index (χ3v) is 4.35. The van der Waals surface area contributed by atoms with Crippen molar-refractivity contribution >= 4 is 17.5 Å². The predicted molar refractivity (Wildman–Crippen MR) is 108 cm³/mol. The van der Waals surface area contributed by atoms with Crippen molar-refractivity contribution in [2.75, 3.05) is 31.6 Å². The van der Waals surface area contributed by atoms with E-state index in [0.717, 1.165) is 0 Å². The van der Waals surface area contributed by atoms with Crippen molar-refractivity contribution in [1.82, 2.24) is 9.55 Å². The molecule has 0 fully saturated rings. The number of benzene rings is 2. The minimum absolute atomic E-state index is 0.134. The maximum atomic E-state index is 12.8. The summed E-state index contributed by atoms with van der Waals surface area (Å²) < 4.78 is 22.3. The molecule has 1 aliphatic heterocycles. The molecule has 0 saturated carbocycles. The molecule has 2 N–H and O–H groups in total. The van der Waals surface area contributed by atoms with Gasteiger partial charge in [-0.1, -0.05) is 0 Å². The van der Waals surface area contributed by atoms with Crippen LogP contribution in [0.2, 0.25) is 0 Å². The van der Waals surface area contributed by atoms with E-state index in [1.165, 1.54) is 31.2 Å². The fourth-order valence-electron chi connectivity index (χ4n) is 2.92. The molecule has 30 heavy (non-hydrogen) atoms. The van der Waals surface area contributed by atoms with Crippen LogP contribution in [-0.4, -0.2) is 36.6 Å². The predicted octanol–water partition coefficient (Wildman–Crippen LogP) is 2.62. The van der Waals surface area contributed by atoms with Crippen molar-refractivity contribution in [3.05, 3.63) is 59.1 Å². The monoisotopic (exact) mass is 410 g/mol. The number of aromatic nitrogens is 2. The molecule has 0 bridgehead atoms. The molecule has 10 heteroatoms. The highest BCUT2D eigenvalue weighted by atomic mass is 16.7. The standard InChI is InChI=1S/C20H18N4O6/c1-27-14-6-4-13(10-16(14)28-2)24-8-7-21-18(19(24)25)23-20(26)22-12-3-5-15-17(9-12)30-11-29-15/h3-10H,11H2,1-2H3,(H2,21,22,23,26). The summed E-state index contributed by atoms with van der Waals surface area (Å²) in [4.78, 5) is 29.1. The Bertz CT molecular complexity index is 1160. The van der Waals surface area contributed by atoms with Gasteiger partial charge in [-0.15, -0.1) is 0 Å². The molecular formula is C20H18N4O6. The summed E-state index contributed by atoms with van der Waals surface area (Å²) in [6.45, 7) is 0.134. The Balaban J connectivity index is 1.54. The quantitative estimate of drug-likeness (QED) is 0.665. The number of anilines is 2. The Morgan fingerprint density at radius 1 is 1.03 bits per heavy atom. The van der Waals surface area contributed by atoms with Gasteiger partial charge >= 0.3 is 6.03 Å². The molecule has 0 unspecified atom stereocenters. The number of hydrogen-bond acceptors (Lipinski definition) is 7. The van der Waals surface area contributed by atoms with Gasteiger partial charge in [0.1, 0.15) is 0 Å². The Hall–Kier alpha value is -4.21. The number of ether oxygens (including phenoxy) is 4. The summed E-state index contributed by atoms with van der Waals surface area (Å²) in [6, 6.07) is 9.37. The molecule has 1 aliphatic rings. The first-order valence-corrected chi connectivity index (χ1v) is 8.87. The zero-order valence-electron chi connectivity index (χ0n) is 16.2. The van der Waals surface area contributed by atoms with Gasteiger partial charge in [0.05, 0.1) is 19.9 Å². The van der Waals surface area contributed by atoms with Crippen LogP contribution in [0.15, 0.2) is 53.6 Å². The molecule has 2 heterocycles. The molecule has 10 nitrogen and oxygen atoms in total. The van der Waals surface area contributed by atoms with Gasteiger partial charge in [-0.25, -0.2) is 9.78 Å². The number of urea groups is 1. The number of amides is 2. The number of nitrogens with one attached hydrogen (secondary N) is 2. The van der Waals surface area contributed by atoms with Gasteiger partial charge in [-0.3, -0.25) is 14.7 Å². The number of carbonyl (C=O) groups is 1. The maximum Gasteiger partial charge on any atom is 0.325 e. The molecule has 2 amide bonds. The first-order chi connectivity index (χ1) is 14.6. The summed E-state index contributed by atoms with van der Waals surface area (Å²) >= 11 is 0. The van der Waals surface area contributed by atoms with Crippen molar-refractivity contribution in [1.29, 1.82) is 0 Å². The molecule has 0 aliphatic carbocycles. The van der Waals surface area contributed by atoms with E-state index in [1.807, 2.05) is 0 Å². The normalized spacial score (nSPS) is 11.7. The lowest BCUT2D eigenvalue weighted by Crippen LogP contribution is -2.28. The molecule has 4 rings (SSSR count). The van der Waals surface area contributed by atoms with Crippen LogP contribution in [0.5, 0.6) is 23.0 Å². The van der Waals surface area contributed by atoms with Gasteiger partial charge in [0.15, 0.2) is 23.0 Å². The summed E-state index contributed by atoms with van der Waals surface area (Å²) in [7, 11) is 3.03. The molecule has 0 radical (unpaired) electrons. The number of rotatable bonds is 5. The van der Waals surface area contributed by atoms with E-state index in [0.29, 0.717) is 34.4 Å². The summed E-state index contributed by atoms with van der Waals surface area (Å²) in [6.07, 6.45) is 2.90. The second-order valence-electron chi connectivity index (χ2n) is 6.14. The van der Waals surface area contributed by atoms with Gasteiger partial charge < -0.3 is 24.3 Å². The smallest absolute Gasteiger partial charge is 0.325 e. The Morgan fingerprint density at radius 3 is 2.63 bits per heavy atom. The van der Waals surface area contributed by atoms with E-state index in [1.54, 1.807) is 36.4 Å². The molecule has 0 saturated heterocycles. The molecule has 0 spiro atoms. The highest BCUT2D eigenvalue weighted by Gasteiger charge is 2.16. The van der Waals surface area contributed by atoms with E-state index < -0.39 is 11.6 Å². The van der Waals surface area contributed by atoms with Crippen LogP contribution in [0.3, 0.4) is 0 Å². The minimum Gasteiger partial charge on any atom is -0.493 e. The third kappa shape index (κ3) is 3.70. The van der Waals surface area contributed by atoms with E-state index >= 15 is 0 Å². The van der Waals surface area contributed by atoms with Gasteiger partial charge in [0.25, 0.3) is 5.56 Å². The minimum atomic E-state index is -0.622. The Kier molecular flexibility index (Phi) is 5.12. The lowest BCUT2D eigenvalue weighted by Gasteiger charge is -2.12. The van der Waals surface area contributed by atoms with Gasteiger partial charge in [-0.2, -0.15) is 0 Å². The average molecular weight is 410 g/mol. The number of methoxy groups -OCH3 is 2.